The van der Waals surface area contributed by atoms with Gasteiger partial charge in [-0.05, 0) is 67.6 Å². The molecule has 0 bridgehead atoms. The van der Waals surface area contributed by atoms with Crippen LogP contribution in [0.5, 0.6) is 5.75 Å². The molecule has 4 nitrogen and oxygen atoms in total. The summed E-state index contributed by atoms with van der Waals surface area (Å²) in [7, 11) is 0. The molecule has 1 saturated carbocycles. The zero-order valence-electron chi connectivity index (χ0n) is 16.2. The summed E-state index contributed by atoms with van der Waals surface area (Å²) in [6.45, 7) is 2.59. The average Bonchev–Trinajstić information content (AvgIpc) is 3.46. The second-order valence-electron chi connectivity index (χ2n) is 7.21. The van der Waals surface area contributed by atoms with E-state index in [4.69, 9.17) is 4.74 Å². The molecule has 0 radical (unpaired) electrons. The first-order valence-corrected chi connectivity index (χ1v) is 10.7. The third kappa shape index (κ3) is 5.01. The van der Waals surface area contributed by atoms with Gasteiger partial charge in [-0.1, -0.05) is 12.1 Å². The van der Waals surface area contributed by atoms with Gasteiger partial charge in [0.2, 0.25) is 5.91 Å². The third-order valence-corrected chi connectivity index (χ3v) is 5.88. The molecule has 6 heteroatoms. The van der Waals surface area contributed by atoms with Crippen LogP contribution in [-0.4, -0.2) is 17.5 Å². The fourth-order valence-electron chi connectivity index (χ4n) is 3.34. The van der Waals surface area contributed by atoms with Crippen LogP contribution in [0, 0.1) is 11.7 Å². The number of aromatic nitrogens is 1. The van der Waals surface area contributed by atoms with E-state index in [9.17, 15) is 9.18 Å². The summed E-state index contributed by atoms with van der Waals surface area (Å²) in [6.07, 6.45) is 2.40. The Hall–Kier alpha value is -2.73. The molecule has 29 heavy (non-hydrogen) atoms. The van der Waals surface area contributed by atoms with Gasteiger partial charge in [0.15, 0.2) is 0 Å². The maximum atomic E-state index is 13.2. The number of hydrogen-bond acceptors (Lipinski definition) is 4. The van der Waals surface area contributed by atoms with Crippen LogP contribution in [0.15, 0.2) is 53.9 Å². The number of nitrogens with zero attached hydrogens (tertiary/aromatic N) is 1. The molecule has 1 aromatic heterocycles. The zero-order valence-corrected chi connectivity index (χ0v) is 17.0. The highest BCUT2D eigenvalue weighted by atomic mass is 32.1. The number of amides is 1. The van der Waals surface area contributed by atoms with Crippen LogP contribution < -0.4 is 10.1 Å². The maximum Gasteiger partial charge on any atom is 0.226 e. The number of hydrogen-bond donors (Lipinski definition) is 1. The molecule has 4 rings (SSSR count). The minimum absolute atomic E-state index is 0.0604. The van der Waals surface area contributed by atoms with Crippen LogP contribution in [0.4, 0.5) is 4.39 Å². The highest BCUT2D eigenvalue weighted by molar-refractivity contribution is 7.13. The van der Waals surface area contributed by atoms with Crippen molar-refractivity contribution in [2.45, 2.75) is 32.2 Å². The van der Waals surface area contributed by atoms with Crippen molar-refractivity contribution in [3.05, 3.63) is 71.0 Å². The fraction of sp³-hybridized carbons (Fsp3) is 0.304. The van der Waals surface area contributed by atoms with E-state index in [1.807, 2.05) is 36.6 Å². The second-order valence-corrected chi connectivity index (χ2v) is 8.07. The molecular formula is C23H23FN2O2S. The number of halogens is 1. The van der Waals surface area contributed by atoms with Crippen molar-refractivity contribution in [1.82, 2.24) is 10.3 Å². The molecule has 2 aromatic carbocycles. The Morgan fingerprint density at radius 1 is 1.21 bits per heavy atom. The van der Waals surface area contributed by atoms with Crippen molar-refractivity contribution in [2.75, 3.05) is 6.61 Å². The first-order chi connectivity index (χ1) is 14.1. The van der Waals surface area contributed by atoms with Gasteiger partial charge in [0.05, 0.1) is 24.8 Å². The van der Waals surface area contributed by atoms with E-state index in [0.717, 1.165) is 40.4 Å². The van der Waals surface area contributed by atoms with E-state index in [1.54, 1.807) is 12.1 Å². The quantitative estimate of drug-likeness (QED) is 0.558. The van der Waals surface area contributed by atoms with E-state index in [0.29, 0.717) is 12.5 Å². The number of thiazole rings is 1. The van der Waals surface area contributed by atoms with E-state index in [1.165, 1.54) is 23.5 Å². The lowest BCUT2D eigenvalue weighted by Crippen LogP contribution is -2.31. The van der Waals surface area contributed by atoms with Gasteiger partial charge in [-0.25, -0.2) is 9.37 Å². The standard InChI is InChI=1S/C23H23FN2O2S/c1-2-28-20-11-7-17(8-12-20)23-25-19(14-29-23)13-21(27)26-22(15-3-4-15)16-5-9-18(24)10-6-16/h5-12,14-15,22H,2-4,13H2,1H3,(H,26,27). The summed E-state index contributed by atoms with van der Waals surface area (Å²) < 4.78 is 18.7. The molecule has 1 amide bonds. The van der Waals surface area contributed by atoms with Crippen molar-refractivity contribution in [3.8, 4) is 16.3 Å². The first kappa shape index (κ1) is 19.6. The van der Waals surface area contributed by atoms with Crippen LogP contribution in [0.25, 0.3) is 10.6 Å². The Balaban J connectivity index is 1.40. The third-order valence-electron chi connectivity index (χ3n) is 4.94. The molecule has 0 saturated heterocycles. The van der Waals surface area contributed by atoms with Gasteiger partial charge in [-0.3, -0.25) is 4.79 Å². The predicted octanol–water partition coefficient (Wildman–Crippen LogP) is 5.16. The van der Waals surface area contributed by atoms with Crippen LogP contribution in [0.1, 0.15) is 37.1 Å². The van der Waals surface area contributed by atoms with Crippen LogP contribution >= 0.6 is 11.3 Å². The van der Waals surface area contributed by atoms with Crippen LogP contribution in [0.3, 0.4) is 0 Å². The van der Waals surface area contributed by atoms with E-state index in [2.05, 4.69) is 10.3 Å². The van der Waals surface area contributed by atoms with Crippen molar-refractivity contribution in [1.29, 1.82) is 0 Å². The molecule has 0 spiro atoms. The number of carbonyl (C=O) groups excluding carboxylic acids is 1. The average molecular weight is 411 g/mol. The molecule has 1 fully saturated rings. The van der Waals surface area contributed by atoms with Gasteiger partial charge in [0.25, 0.3) is 0 Å². The maximum absolute atomic E-state index is 13.2. The Labute approximate surface area is 173 Å². The van der Waals surface area contributed by atoms with Crippen molar-refractivity contribution < 1.29 is 13.9 Å². The second kappa shape index (κ2) is 8.74. The lowest BCUT2D eigenvalue weighted by molar-refractivity contribution is -0.121. The lowest BCUT2D eigenvalue weighted by Gasteiger charge is -2.18. The van der Waals surface area contributed by atoms with E-state index in [-0.39, 0.29) is 24.2 Å². The molecule has 1 N–H and O–H groups in total. The summed E-state index contributed by atoms with van der Waals surface area (Å²) >= 11 is 1.53. The number of ether oxygens (including phenoxy) is 1. The van der Waals surface area contributed by atoms with Crippen LogP contribution in [0.2, 0.25) is 0 Å². The van der Waals surface area contributed by atoms with Crippen molar-refractivity contribution >= 4 is 17.2 Å². The lowest BCUT2D eigenvalue weighted by atomic mass is 10.0. The first-order valence-electron chi connectivity index (χ1n) is 9.85. The Kier molecular flexibility index (Phi) is 5.90. The summed E-state index contributed by atoms with van der Waals surface area (Å²) in [4.78, 5) is 17.2. The van der Waals surface area contributed by atoms with Gasteiger partial charge < -0.3 is 10.1 Å². The normalized spacial score (nSPS) is 14.4. The molecule has 1 aliphatic rings. The molecule has 1 atom stereocenters. The number of rotatable bonds is 8. The fourth-order valence-corrected chi connectivity index (χ4v) is 4.17. The molecule has 1 heterocycles. The summed E-state index contributed by atoms with van der Waals surface area (Å²) in [5, 5.41) is 5.93. The van der Waals surface area contributed by atoms with E-state index >= 15 is 0 Å². The molecule has 1 unspecified atom stereocenters. The zero-order chi connectivity index (χ0) is 20.2. The van der Waals surface area contributed by atoms with Gasteiger partial charge >= 0.3 is 0 Å². The SMILES string of the molecule is CCOc1ccc(-c2nc(CC(=O)NC(c3ccc(F)cc3)C3CC3)cs2)cc1. The molecule has 3 aromatic rings. The minimum Gasteiger partial charge on any atom is -0.494 e. The Morgan fingerprint density at radius 3 is 2.59 bits per heavy atom. The van der Waals surface area contributed by atoms with Gasteiger partial charge in [0.1, 0.15) is 16.6 Å². The van der Waals surface area contributed by atoms with E-state index < -0.39 is 0 Å². The topological polar surface area (TPSA) is 51.2 Å². The number of benzene rings is 2. The van der Waals surface area contributed by atoms with Crippen LogP contribution in [-0.2, 0) is 11.2 Å². The Bertz CT molecular complexity index is 965. The van der Waals surface area contributed by atoms with Gasteiger partial charge in [-0.2, -0.15) is 0 Å². The molecule has 150 valence electrons. The molecular weight excluding hydrogens is 387 g/mol. The highest BCUT2D eigenvalue weighted by Crippen LogP contribution is 2.41. The molecule has 1 aliphatic carbocycles. The highest BCUT2D eigenvalue weighted by Gasteiger charge is 2.33. The Morgan fingerprint density at radius 2 is 1.93 bits per heavy atom. The minimum atomic E-state index is -0.265. The van der Waals surface area contributed by atoms with Crippen molar-refractivity contribution in [2.24, 2.45) is 5.92 Å². The number of nitrogens with one attached hydrogen (secondary N) is 1. The summed E-state index contributed by atoms with van der Waals surface area (Å²) in [5.74, 6) is 0.937. The van der Waals surface area contributed by atoms with Gasteiger partial charge in [-0.15, -0.1) is 11.3 Å². The molecule has 0 aliphatic heterocycles. The predicted molar refractivity (Wildman–Crippen MR) is 112 cm³/mol. The monoisotopic (exact) mass is 410 g/mol. The summed E-state index contributed by atoms with van der Waals surface area (Å²) in [5.41, 5.74) is 2.72. The van der Waals surface area contributed by atoms with Gasteiger partial charge in [0, 0.05) is 10.9 Å². The largest absolute Gasteiger partial charge is 0.494 e. The van der Waals surface area contributed by atoms with Crippen molar-refractivity contribution in [3.63, 3.8) is 0 Å². The summed E-state index contributed by atoms with van der Waals surface area (Å²) in [6, 6.07) is 14.1. The number of carbonyl (C=O) groups is 1. The smallest absolute Gasteiger partial charge is 0.226 e.